The third-order valence-electron chi connectivity index (χ3n) is 4.11. The predicted molar refractivity (Wildman–Crippen MR) is 88.8 cm³/mol. The van der Waals surface area contributed by atoms with E-state index in [-0.39, 0.29) is 11.8 Å². The lowest BCUT2D eigenvalue weighted by Crippen LogP contribution is -2.46. The predicted octanol–water partition coefficient (Wildman–Crippen LogP) is 2.96. The summed E-state index contributed by atoms with van der Waals surface area (Å²) >= 11 is 3.38. The summed E-state index contributed by atoms with van der Waals surface area (Å²) in [5.74, 6) is -0.817. The molecule has 1 aliphatic rings. The van der Waals surface area contributed by atoms with Crippen molar-refractivity contribution in [2.45, 2.75) is 32.2 Å². The quantitative estimate of drug-likeness (QED) is 0.837. The van der Waals surface area contributed by atoms with Gasteiger partial charge in [0.25, 0.3) is 0 Å². The Balaban J connectivity index is 1.88. The normalized spacial score (nSPS) is 17.9. The minimum absolute atomic E-state index is 0.0149. The van der Waals surface area contributed by atoms with Crippen LogP contribution in [0.2, 0.25) is 0 Å². The van der Waals surface area contributed by atoms with Crippen LogP contribution in [0, 0.1) is 5.92 Å². The molecule has 1 unspecified atom stereocenters. The molecule has 6 heteroatoms. The van der Waals surface area contributed by atoms with E-state index in [9.17, 15) is 14.7 Å². The van der Waals surface area contributed by atoms with Crippen molar-refractivity contribution in [3.63, 3.8) is 0 Å². The molecule has 1 heterocycles. The van der Waals surface area contributed by atoms with E-state index < -0.39 is 12.0 Å². The summed E-state index contributed by atoms with van der Waals surface area (Å²) in [6.45, 7) is 3.19. The zero-order valence-electron chi connectivity index (χ0n) is 12.6. The van der Waals surface area contributed by atoms with E-state index >= 15 is 0 Å². The number of anilines is 1. The topological polar surface area (TPSA) is 69.6 Å². The van der Waals surface area contributed by atoms with Gasteiger partial charge in [0.15, 0.2) is 0 Å². The highest BCUT2D eigenvalue weighted by atomic mass is 79.9. The van der Waals surface area contributed by atoms with E-state index in [1.54, 1.807) is 0 Å². The van der Waals surface area contributed by atoms with Crippen LogP contribution in [0.3, 0.4) is 0 Å². The molecule has 1 atom stereocenters. The fourth-order valence-corrected chi connectivity index (χ4v) is 3.27. The van der Waals surface area contributed by atoms with E-state index in [1.807, 2.05) is 36.1 Å². The minimum Gasteiger partial charge on any atom is -0.480 e. The maximum absolute atomic E-state index is 12.3. The van der Waals surface area contributed by atoms with Gasteiger partial charge in [0, 0.05) is 16.1 Å². The largest absolute Gasteiger partial charge is 0.480 e. The molecule has 22 heavy (non-hydrogen) atoms. The third-order valence-corrected chi connectivity index (χ3v) is 4.60. The summed E-state index contributed by atoms with van der Waals surface area (Å²) in [5, 5.41) is 12.1. The van der Waals surface area contributed by atoms with Crippen LogP contribution in [0.25, 0.3) is 0 Å². The fourth-order valence-electron chi connectivity index (χ4n) is 2.87. The molecule has 0 radical (unpaired) electrons. The summed E-state index contributed by atoms with van der Waals surface area (Å²) in [7, 11) is 0. The Labute approximate surface area is 138 Å². The lowest BCUT2D eigenvalue weighted by atomic mass is 9.94. The van der Waals surface area contributed by atoms with Crippen molar-refractivity contribution in [1.82, 2.24) is 4.90 Å². The van der Waals surface area contributed by atoms with Crippen LogP contribution in [0.15, 0.2) is 28.7 Å². The highest BCUT2D eigenvalue weighted by molar-refractivity contribution is 9.10. The molecule has 2 rings (SSSR count). The van der Waals surface area contributed by atoms with E-state index in [0.717, 1.165) is 10.2 Å². The number of aliphatic carboxylic acids is 1. The van der Waals surface area contributed by atoms with Gasteiger partial charge in [-0.25, -0.2) is 0 Å². The van der Waals surface area contributed by atoms with Gasteiger partial charge in [0.2, 0.25) is 5.91 Å². The second-order valence-electron chi connectivity index (χ2n) is 5.57. The standard InChI is InChI=1S/C16H21BrN2O3/c1-2-14(16(21)22)19-8-6-11(7-9-19)15(20)18-13-5-3-4-12(17)10-13/h3-5,10-11,14H,2,6-9H2,1H3,(H,18,20)(H,21,22). The Morgan fingerprint density at radius 2 is 2.09 bits per heavy atom. The molecule has 0 saturated carbocycles. The molecule has 0 aliphatic carbocycles. The van der Waals surface area contributed by atoms with Gasteiger partial charge >= 0.3 is 5.97 Å². The Kier molecular flexibility index (Phi) is 5.97. The van der Waals surface area contributed by atoms with Crippen LogP contribution < -0.4 is 5.32 Å². The Bertz CT molecular complexity index is 542. The van der Waals surface area contributed by atoms with Gasteiger partial charge in [0.1, 0.15) is 6.04 Å². The van der Waals surface area contributed by atoms with Gasteiger partial charge in [-0.15, -0.1) is 0 Å². The number of carbonyl (C=O) groups is 2. The molecule has 2 N–H and O–H groups in total. The maximum atomic E-state index is 12.3. The number of carbonyl (C=O) groups excluding carboxylic acids is 1. The molecule has 1 saturated heterocycles. The van der Waals surface area contributed by atoms with Crippen molar-refractivity contribution in [2.24, 2.45) is 5.92 Å². The van der Waals surface area contributed by atoms with Crippen LogP contribution in [-0.2, 0) is 9.59 Å². The van der Waals surface area contributed by atoms with Crippen LogP contribution in [0.4, 0.5) is 5.69 Å². The Morgan fingerprint density at radius 1 is 1.41 bits per heavy atom. The zero-order valence-corrected chi connectivity index (χ0v) is 14.2. The molecule has 1 aromatic carbocycles. The molecule has 1 amide bonds. The van der Waals surface area contributed by atoms with Crippen molar-refractivity contribution in [2.75, 3.05) is 18.4 Å². The summed E-state index contributed by atoms with van der Waals surface area (Å²) in [6.07, 6.45) is 1.98. The lowest BCUT2D eigenvalue weighted by Gasteiger charge is -2.34. The molecule has 5 nitrogen and oxygen atoms in total. The maximum Gasteiger partial charge on any atom is 0.320 e. The van der Waals surface area contributed by atoms with E-state index in [1.165, 1.54) is 0 Å². The molecule has 120 valence electrons. The molecule has 1 aromatic rings. The van der Waals surface area contributed by atoms with Crippen molar-refractivity contribution in [3.05, 3.63) is 28.7 Å². The summed E-state index contributed by atoms with van der Waals surface area (Å²) in [4.78, 5) is 25.5. The van der Waals surface area contributed by atoms with Gasteiger partial charge in [-0.1, -0.05) is 28.9 Å². The first kappa shape index (κ1) is 17.0. The van der Waals surface area contributed by atoms with E-state index in [2.05, 4.69) is 21.2 Å². The summed E-state index contributed by atoms with van der Waals surface area (Å²) < 4.78 is 0.923. The molecule has 0 spiro atoms. The SMILES string of the molecule is CCC(C(=O)O)N1CCC(C(=O)Nc2cccc(Br)c2)CC1. The van der Waals surface area contributed by atoms with Gasteiger partial charge < -0.3 is 10.4 Å². The first-order chi connectivity index (χ1) is 10.5. The van der Waals surface area contributed by atoms with Crippen molar-refractivity contribution in [1.29, 1.82) is 0 Å². The third kappa shape index (κ3) is 4.30. The molecule has 1 fully saturated rings. The highest BCUT2D eigenvalue weighted by Gasteiger charge is 2.30. The van der Waals surface area contributed by atoms with Crippen LogP contribution in [0.1, 0.15) is 26.2 Å². The Hall–Kier alpha value is -1.40. The van der Waals surface area contributed by atoms with Gasteiger partial charge in [0.05, 0.1) is 0 Å². The highest BCUT2D eigenvalue weighted by Crippen LogP contribution is 2.23. The average Bonchev–Trinajstić information content (AvgIpc) is 2.48. The monoisotopic (exact) mass is 368 g/mol. The number of rotatable bonds is 5. The number of nitrogens with zero attached hydrogens (tertiary/aromatic N) is 1. The molecular formula is C16H21BrN2O3. The number of carboxylic acids is 1. The second-order valence-corrected chi connectivity index (χ2v) is 6.49. The van der Waals surface area contributed by atoms with Crippen molar-refractivity contribution < 1.29 is 14.7 Å². The molecule has 0 aromatic heterocycles. The number of hydrogen-bond acceptors (Lipinski definition) is 3. The second kappa shape index (κ2) is 7.74. The molecular weight excluding hydrogens is 348 g/mol. The summed E-state index contributed by atoms with van der Waals surface area (Å²) in [5.41, 5.74) is 0.777. The van der Waals surface area contributed by atoms with Crippen molar-refractivity contribution >= 4 is 33.5 Å². The number of carboxylic acid groups (broad SMARTS) is 1. The molecule has 0 bridgehead atoms. The number of likely N-dealkylation sites (tertiary alicyclic amines) is 1. The minimum atomic E-state index is -0.778. The first-order valence-electron chi connectivity index (χ1n) is 7.54. The smallest absolute Gasteiger partial charge is 0.320 e. The van der Waals surface area contributed by atoms with Crippen LogP contribution in [0.5, 0.6) is 0 Å². The average molecular weight is 369 g/mol. The number of hydrogen-bond donors (Lipinski definition) is 2. The number of nitrogens with one attached hydrogen (secondary N) is 1. The number of piperidine rings is 1. The number of benzene rings is 1. The zero-order chi connectivity index (χ0) is 16.1. The van der Waals surface area contributed by atoms with E-state index in [0.29, 0.717) is 32.4 Å². The lowest BCUT2D eigenvalue weighted by molar-refractivity contribution is -0.144. The Morgan fingerprint density at radius 3 is 2.64 bits per heavy atom. The van der Waals surface area contributed by atoms with Gasteiger partial charge in [-0.2, -0.15) is 0 Å². The van der Waals surface area contributed by atoms with Crippen LogP contribution >= 0.6 is 15.9 Å². The van der Waals surface area contributed by atoms with Gasteiger partial charge in [-0.05, 0) is 50.6 Å². The molecule has 1 aliphatic heterocycles. The first-order valence-corrected chi connectivity index (χ1v) is 8.34. The number of amides is 1. The van der Waals surface area contributed by atoms with Crippen molar-refractivity contribution in [3.8, 4) is 0 Å². The van der Waals surface area contributed by atoms with Gasteiger partial charge in [-0.3, -0.25) is 14.5 Å². The summed E-state index contributed by atoms with van der Waals surface area (Å²) in [6, 6.07) is 7.07. The number of halogens is 1. The van der Waals surface area contributed by atoms with Crippen LogP contribution in [-0.4, -0.2) is 41.0 Å². The van der Waals surface area contributed by atoms with E-state index in [4.69, 9.17) is 0 Å². The fraction of sp³-hybridized carbons (Fsp3) is 0.500.